The summed E-state index contributed by atoms with van der Waals surface area (Å²) in [6, 6.07) is 0. The minimum absolute atomic E-state index is 0.0349. The summed E-state index contributed by atoms with van der Waals surface area (Å²) in [5.41, 5.74) is 0.436. The lowest BCUT2D eigenvalue weighted by atomic mass is 9.83. The van der Waals surface area contributed by atoms with Gasteiger partial charge in [0.25, 0.3) is 0 Å². The molecule has 3 heteroatoms. The van der Waals surface area contributed by atoms with Gasteiger partial charge in [0.05, 0.1) is 13.1 Å². The summed E-state index contributed by atoms with van der Waals surface area (Å²) in [5, 5.41) is 2.68. The number of amides is 1. The van der Waals surface area contributed by atoms with Crippen molar-refractivity contribution in [2.75, 3.05) is 26.2 Å². The zero-order valence-corrected chi connectivity index (χ0v) is 9.68. The number of nitrogens with zero attached hydrogens (tertiary/aromatic N) is 1. The summed E-state index contributed by atoms with van der Waals surface area (Å²) < 4.78 is 0. The van der Waals surface area contributed by atoms with Crippen LogP contribution in [0.5, 0.6) is 0 Å². The summed E-state index contributed by atoms with van der Waals surface area (Å²) >= 11 is 0. The molecule has 0 aromatic rings. The Kier molecular flexibility index (Phi) is 4.16. The van der Waals surface area contributed by atoms with Crippen LogP contribution in [0.2, 0.25) is 0 Å². The molecule has 0 aliphatic carbocycles. The summed E-state index contributed by atoms with van der Waals surface area (Å²) in [6.45, 7) is 7.40. The molecule has 84 valence electrons. The van der Waals surface area contributed by atoms with Crippen molar-refractivity contribution >= 4 is 5.91 Å². The van der Waals surface area contributed by atoms with Crippen molar-refractivity contribution in [2.45, 2.75) is 26.7 Å². The van der Waals surface area contributed by atoms with Crippen molar-refractivity contribution in [3.63, 3.8) is 0 Å². The second kappa shape index (κ2) is 5.18. The third-order valence-electron chi connectivity index (χ3n) is 2.96. The van der Waals surface area contributed by atoms with Gasteiger partial charge < -0.3 is 5.32 Å². The van der Waals surface area contributed by atoms with Gasteiger partial charge in [0.1, 0.15) is 0 Å². The van der Waals surface area contributed by atoms with Gasteiger partial charge >= 0.3 is 0 Å². The Labute approximate surface area is 92.2 Å². The molecule has 1 N–H and O–H groups in total. The second-order valence-electron chi connectivity index (χ2n) is 4.92. The van der Waals surface area contributed by atoms with E-state index in [0.717, 1.165) is 25.9 Å². The molecular weight excluding hydrogens is 188 g/mol. The molecule has 1 fully saturated rings. The van der Waals surface area contributed by atoms with Gasteiger partial charge in [-0.2, -0.15) is 0 Å². The average molecular weight is 208 g/mol. The molecule has 0 aromatic carbocycles. The Bertz CT molecular complexity index is 255. The number of carbonyl (C=O) groups is 1. The molecule has 0 atom stereocenters. The maximum Gasteiger partial charge on any atom is 0.234 e. The third-order valence-corrected chi connectivity index (χ3v) is 2.96. The van der Waals surface area contributed by atoms with Crippen LogP contribution in [0.4, 0.5) is 0 Å². The molecule has 1 amide bonds. The van der Waals surface area contributed by atoms with Crippen molar-refractivity contribution in [3.8, 4) is 12.3 Å². The van der Waals surface area contributed by atoms with Crippen molar-refractivity contribution in [3.05, 3.63) is 0 Å². The monoisotopic (exact) mass is 208 g/mol. The van der Waals surface area contributed by atoms with Crippen molar-refractivity contribution < 1.29 is 4.79 Å². The Morgan fingerprint density at radius 3 is 2.60 bits per heavy atom. The van der Waals surface area contributed by atoms with E-state index in [1.54, 1.807) is 0 Å². The van der Waals surface area contributed by atoms with E-state index in [1.165, 1.54) is 0 Å². The molecule has 0 spiro atoms. The summed E-state index contributed by atoms with van der Waals surface area (Å²) in [5.74, 6) is 2.43. The van der Waals surface area contributed by atoms with Gasteiger partial charge in [0, 0.05) is 0 Å². The zero-order valence-electron chi connectivity index (χ0n) is 9.68. The molecule has 1 aliphatic heterocycles. The van der Waals surface area contributed by atoms with Crippen LogP contribution in [0.25, 0.3) is 0 Å². The highest BCUT2D eigenvalue weighted by atomic mass is 16.2. The van der Waals surface area contributed by atoms with Gasteiger partial charge in [-0.25, -0.2) is 0 Å². The molecule has 0 unspecified atom stereocenters. The number of piperidine rings is 1. The van der Waals surface area contributed by atoms with Gasteiger partial charge in [-0.1, -0.05) is 19.8 Å². The van der Waals surface area contributed by atoms with Gasteiger partial charge in [0.2, 0.25) is 5.91 Å². The van der Waals surface area contributed by atoms with Crippen molar-refractivity contribution in [2.24, 2.45) is 5.41 Å². The van der Waals surface area contributed by atoms with Gasteiger partial charge in [-0.05, 0) is 31.3 Å². The summed E-state index contributed by atoms with van der Waals surface area (Å²) in [4.78, 5) is 13.6. The van der Waals surface area contributed by atoms with Crippen LogP contribution in [0, 0.1) is 17.8 Å². The molecule has 1 saturated heterocycles. The number of rotatable bonds is 3. The predicted octanol–water partition coefficient (Wildman–Crippen LogP) is 0.858. The molecule has 15 heavy (non-hydrogen) atoms. The maximum atomic E-state index is 11.4. The van der Waals surface area contributed by atoms with E-state index >= 15 is 0 Å². The lowest BCUT2D eigenvalue weighted by Gasteiger charge is -2.36. The van der Waals surface area contributed by atoms with Crippen LogP contribution in [-0.4, -0.2) is 37.0 Å². The highest BCUT2D eigenvalue weighted by Crippen LogP contribution is 2.29. The summed E-state index contributed by atoms with van der Waals surface area (Å²) in [6.07, 6.45) is 7.39. The van der Waals surface area contributed by atoms with Crippen LogP contribution >= 0.6 is 0 Å². The van der Waals surface area contributed by atoms with Crippen LogP contribution in [0.15, 0.2) is 0 Å². The number of hydrogen-bond donors (Lipinski definition) is 1. The molecule has 0 radical (unpaired) electrons. The first-order valence-electron chi connectivity index (χ1n) is 5.46. The topological polar surface area (TPSA) is 32.3 Å². The SMILES string of the molecule is C#CCNC(=O)CN1CCC(C)(C)CC1. The Morgan fingerprint density at radius 1 is 1.47 bits per heavy atom. The fourth-order valence-corrected chi connectivity index (χ4v) is 1.73. The maximum absolute atomic E-state index is 11.4. The summed E-state index contributed by atoms with van der Waals surface area (Å²) in [7, 11) is 0. The zero-order chi connectivity index (χ0) is 11.3. The molecule has 3 nitrogen and oxygen atoms in total. The fraction of sp³-hybridized carbons (Fsp3) is 0.750. The molecular formula is C12H20N2O. The van der Waals surface area contributed by atoms with Crippen LogP contribution in [0.3, 0.4) is 0 Å². The van der Waals surface area contributed by atoms with Crippen LogP contribution in [-0.2, 0) is 4.79 Å². The Balaban J connectivity index is 2.24. The van der Waals surface area contributed by atoms with Crippen LogP contribution < -0.4 is 5.32 Å². The molecule has 1 aliphatic rings. The van der Waals surface area contributed by atoms with E-state index in [-0.39, 0.29) is 5.91 Å². The van der Waals surface area contributed by atoms with E-state index in [1.807, 2.05) is 0 Å². The molecule has 0 saturated carbocycles. The molecule has 1 rings (SSSR count). The van der Waals surface area contributed by atoms with E-state index in [9.17, 15) is 4.79 Å². The smallest absolute Gasteiger partial charge is 0.234 e. The fourth-order valence-electron chi connectivity index (χ4n) is 1.73. The third kappa shape index (κ3) is 4.35. The van der Waals surface area contributed by atoms with Crippen LogP contribution in [0.1, 0.15) is 26.7 Å². The van der Waals surface area contributed by atoms with Gasteiger partial charge in [0.15, 0.2) is 0 Å². The van der Waals surface area contributed by atoms with Gasteiger partial charge in [-0.15, -0.1) is 6.42 Å². The number of nitrogens with one attached hydrogen (secondary N) is 1. The lowest BCUT2D eigenvalue weighted by molar-refractivity contribution is -0.122. The van der Waals surface area contributed by atoms with E-state index in [2.05, 4.69) is 30.0 Å². The van der Waals surface area contributed by atoms with E-state index in [4.69, 9.17) is 6.42 Å². The number of carbonyl (C=O) groups excluding carboxylic acids is 1. The number of hydrogen-bond acceptors (Lipinski definition) is 2. The standard InChI is InChI=1S/C12H20N2O/c1-4-7-13-11(15)10-14-8-5-12(2,3)6-9-14/h1H,5-10H2,2-3H3,(H,13,15). The minimum atomic E-state index is 0.0349. The highest BCUT2D eigenvalue weighted by molar-refractivity contribution is 5.78. The first kappa shape index (κ1) is 12.1. The van der Waals surface area contributed by atoms with E-state index < -0.39 is 0 Å². The Morgan fingerprint density at radius 2 is 2.07 bits per heavy atom. The number of likely N-dealkylation sites (tertiary alicyclic amines) is 1. The number of terminal acetylenes is 1. The minimum Gasteiger partial charge on any atom is -0.344 e. The largest absolute Gasteiger partial charge is 0.344 e. The van der Waals surface area contributed by atoms with E-state index in [0.29, 0.717) is 18.5 Å². The second-order valence-corrected chi connectivity index (χ2v) is 4.92. The predicted molar refractivity (Wildman–Crippen MR) is 61.3 cm³/mol. The highest BCUT2D eigenvalue weighted by Gasteiger charge is 2.25. The first-order chi connectivity index (χ1) is 7.03. The molecule has 0 bridgehead atoms. The Hall–Kier alpha value is -1.01. The molecule has 0 aromatic heterocycles. The lowest BCUT2D eigenvalue weighted by Crippen LogP contribution is -2.43. The first-order valence-corrected chi connectivity index (χ1v) is 5.46. The van der Waals surface area contributed by atoms with Gasteiger partial charge in [-0.3, -0.25) is 9.69 Å². The van der Waals surface area contributed by atoms with Crippen molar-refractivity contribution in [1.82, 2.24) is 10.2 Å². The quantitative estimate of drug-likeness (QED) is 0.698. The average Bonchev–Trinajstić information content (AvgIpc) is 2.18. The van der Waals surface area contributed by atoms with Crippen molar-refractivity contribution in [1.29, 1.82) is 0 Å². The normalized spacial score (nSPS) is 20.6. The molecule has 1 heterocycles.